The van der Waals surface area contributed by atoms with Gasteiger partial charge in [-0.15, -0.1) is 0 Å². The minimum absolute atomic E-state index is 0.0796. The van der Waals surface area contributed by atoms with Crippen molar-refractivity contribution >= 4 is 17.5 Å². The summed E-state index contributed by atoms with van der Waals surface area (Å²) < 4.78 is 13.0. The van der Waals surface area contributed by atoms with Crippen molar-refractivity contribution in [3.63, 3.8) is 0 Å². The third kappa shape index (κ3) is 3.67. The molecule has 5 heteroatoms. The Morgan fingerprint density at radius 3 is 2.68 bits per heavy atom. The first-order chi connectivity index (χ1) is 9.00. The third-order valence-electron chi connectivity index (χ3n) is 3.54. The van der Waals surface area contributed by atoms with Crippen molar-refractivity contribution < 1.29 is 14.3 Å². The van der Waals surface area contributed by atoms with Crippen LogP contribution in [0.5, 0.6) is 0 Å². The Hall–Kier alpha value is -1.13. The van der Waals surface area contributed by atoms with Gasteiger partial charge < -0.3 is 10.4 Å². The Morgan fingerprint density at radius 1 is 1.37 bits per heavy atom. The number of rotatable bonds is 3. The fourth-order valence-corrected chi connectivity index (χ4v) is 2.55. The van der Waals surface area contributed by atoms with Crippen LogP contribution < -0.4 is 5.32 Å². The number of carbonyl (C=O) groups is 1. The van der Waals surface area contributed by atoms with Gasteiger partial charge >= 0.3 is 0 Å². The van der Waals surface area contributed by atoms with Crippen LogP contribution in [-0.4, -0.2) is 23.2 Å². The zero-order chi connectivity index (χ0) is 13.9. The maximum atomic E-state index is 13.0. The summed E-state index contributed by atoms with van der Waals surface area (Å²) in [7, 11) is 0. The first-order valence-corrected chi connectivity index (χ1v) is 6.84. The standard InChI is InChI=1S/C14H17ClFNO2/c15-11-8-10(4-5-12(11)16)13(18)17-9-14(19)6-2-1-3-7-14/h4-5,8,19H,1-3,6-7,9H2,(H,17,18). The molecule has 104 valence electrons. The molecule has 1 saturated carbocycles. The van der Waals surface area contributed by atoms with Crippen molar-refractivity contribution in [1.29, 1.82) is 0 Å². The van der Waals surface area contributed by atoms with Crippen LogP contribution in [0.3, 0.4) is 0 Å². The molecular weight excluding hydrogens is 269 g/mol. The molecule has 0 bridgehead atoms. The van der Waals surface area contributed by atoms with E-state index >= 15 is 0 Å². The van der Waals surface area contributed by atoms with Crippen molar-refractivity contribution in [2.45, 2.75) is 37.7 Å². The smallest absolute Gasteiger partial charge is 0.251 e. The van der Waals surface area contributed by atoms with Gasteiger partial charge in [-0.05, 0) is 31.0 Å². The molecule has 0 saturated heterocycles. The highest BCUT2D eigenvalue weighted by atomic mass is 35.5. The second-order valence-corrected chi connectivity index (χ2v) is 5.50. The van der Waals surface area contributed by atoms with Gasteiger partial charge in [0.1, 0.15) is 5.82 Å². The average Bonchev–Trinajstić information content (AvgIpc) is 2.40. The molecule has 1 aromatic carbocycles. The number of amides is 1. The lowest BCUT2D eigenvalue weighted by Gasteiger charge is -2.32. The van der Waals surface area contributed by atoms with E-state index in [1.807, 2.05) is 0 Å². The molecule has 0 aliphatic heterocycles. The van der Waals surface area contributed by atoms with E-state index in [1.165, 1.54) is 12.1 Å². The molecule has 1 aromatic rings. The maximum absolute atomic E-state index is 13.0. The normalized spacial score (nSPS) is 18.1. The molecule has 0 spiro atoms. The van der Waals surface area contributed by atoms with Crippen LogP contribution in [0.1, 0.15) is 42.5 Å². The van der Waals surface area contributed by atoms with E-state index < -0.39 is 11.4 Å². The van der Waals surface area contributed by atoms with E-state index in [0.717, 1.165) is 25.3 Å². The van der Waals surface area contributed by atoms with Gasteiger partial charge in [0.2, 0.25) is 0 Å². The number of benzene rings is 1. The van der Waals surface area contributed by atoms with Crippen LogP contribution in [0.2, 0.25) is 5.02 Å². The van der Waals surface area contributed by atoms with Crippen LogP contribution in [-0.2, 0) is 0 Å². The molecule has 1 aliphatic rings. The number of aliphatic hydroxyl groups is 1. The SMILES string of the molecule is O=C(NCC1(O)CCCCC1)c1ccc(F)c(Cl)c1. The second kappa shape index (κ2) is 5.88. The summed E-state index contributed by atoms with van der Waals surface area (Å²) in [6.07, 6.45) is 4.50. The maximum Gasteiger partial charge on any atom is 0.251 e. The summed E-state index contributed by atoms with van der Waals surface area (Å²) in [5.74, 6) is -0.898. The molecule has 2 rings (SSSR count). The van der Waals surface area contributed by atoms with Crippen molar-refractivity contribution in [2.75, 3.05) is 6.54 Å². The predicted octanol–water partition coefficient (Wildman–Crippen LogP) is 2.90. The first-order valence-electron chi connectivity index (χ1n) is 6.46. The Labute approximate surface area is 116 Å². The lowest BCUT2D eigenvalue weighted by molar-refractivity contribution is 0.00525. The Bertz CT molecular complexity index is 473. The minimum atomic E-state index is -0.808. The van der Waals surface area contributed by atoms with E-state index in [9.17, 15) is 14.3 Å². The van der Waals surface area contributed by atoms with Crippen LogP contribution in [0.15, 0.2) is 18.2 Å². The van der Waals surface area contributed by atoms with Crippen LogP contribution in [0.25, 0.3) is 0 Å². The van der Waals surface area contributed by atoms with Crippen LogP contribution >= 0.6 is 11.6 Å². The zero-order valence-electron chi connectivity index (χ0n) is 10.6. The minimum Gasteiger partial charge on any atom is -0.388 e. The number of hydrogen-bond donors (Lipinski definition) is 2. The van der Waals surface area contributed by atoms with Gasteiger partial charge in [-0.25, -0.2) is 4.39 Å². The zero-order valence-corrected chi connectivity index (χ0v) is 11.3. The quantitative estimate of drug-likeness (QED) is 0.897. The lowest BCUT2D eigenvalue weighted by atomic mass is 9.85. The summed E-state index contributed by atoms with van der Waals surface area (Å²) >= 11 is 5.63. The molecule has 2 N–H and O–H groups in total. The van der Waals surface area contributed by atoms with Crippen molar-refractivity contribution in [2.24, 2.45) is 0 Å². The molecule has 0 aromatic heterocycles. The predicted molar refractivity (Wildman–Crippen MR) is 71.8 cm³/mol. The Morgan fingerprint density at radius 2 is 2.05 bits per heavy atom. The van der Waals surface area contributed by atoms with Gasteiger partial charge in [0.15, 0.2) is 0 Å². The van der Waals surface area contributed by atoms with Crippen LogP contribution in [0, 0.1) is 5.82 Å². The Balaban J connectivity index is 1.95. The van der Waals surface area contributed by atoms with E-state index in [-0.39, 0.29) is 17.5 Å². The van der Waals surface area contributed by atoms with Crippen molar-refractivity contribution in [1.82, 2.24) is 5.32 Å². The molecule has 1 amide bonds. The van der Waals surface area contributed by atoms with E-state index in [0.29, 0.717) is 18.4 Å². The van der Waals surface area contributed by atoms with Crippen molar-refractivity contribution in [3.8, 4) is 0 Å². The fraction of sp³-hybridized carbons (Fsp3) is 0.500. The third-order valence-corrected chi connectivity index (χ3v) is 3.83. The summed E-state index contributed by atoms with van der Waals surface area (Å²) in [4.78, 5) is 11.9. The van der Waals surface area contributed by atoms with Gasteiger partial charge in [-0.1, -0.05) is 30.9 Å². The van der Waals surface area contributed by atoms with Gasteiger partial charge in [-0.3, -0.25) is 4.79 Å². The molecule has 0 unspecified atom stereocenters. The molecule has 1 fully saturated rings. The van der Waals surface area contributed by atoms with Gasteiger partial charge in [0.25, 0.3) is 5.91 Å². The van der Waals surface area contributed by atoms with Gasteiger partial charge in [-0.2, -0.15) is 0 Å². The summed E-state index contributed by atoms with van der Waals surface area (Å²) in [5.41, 5.74) is -0.511. The topological polar surface area (TPSA) is 49.3 Å². The highest BCUT2D eigenvalue weighted by Gasteiger charge is 2.29. The van der Waals surface area contributed by atoms with Crippen LogP contribution in [0.4, 0.5) is 4.39 Å². The van der Waals surface area contributed by atoms with E-state index in [4.69, 9.17) is 11.6 Å². The molecule has 19 heavy (non-hydrogen) atoms. The highest BCUT2D eigenvalue weighted by molar-refractivity contribution is 6.31. The lowest BCUT2D eigenvalue weighted by Crippen LogP contribution is -2.44. The van der Waals surface area contributed by atoms with Gasteiger partial charge in [0.05, 0.1) is 10.6 Å². The monoisotopic (exact) mass is 285 g/mol. The number of hydrogen-bond acceptors (Lipinski definition) is 2. The molecule has 3 nitrogen and oxygen atoms in total. The van der Waals surface area contributed by atoms with Gasteiger partial charge in [0, 0.05) is 12.1 Å². The number of carbonyl (C=O) groups excluding carboxylic acids is 1. The molecule has 0 heterocycles. The average molecular weight is 286 g/mol. The molecular formula is C14H17ClFNO2. The number of nitrogens with one attached hydrogen (secondary N) is 1. The molecule has 0 atom stereocenters. The van der Waals surface area contributed by atoms with E-state index in [2.05, 4.69) is 5.32 Å². The fourth-order valence-electron chi connectivity index (χ4n) is 2.37. The second-order valence-electron chi connectivity index (χ2n) is 5.10. The number of halogens is 2. The summed E-state index contributed by atoms with van der Waals surface area (Å²) in [6.45, 7) is 0.223. The van der Waals surface area contributed by atoms with E-state index in [1.54, 1.807) is 0 Å². The highest BCUT2D eigenvalue weighted by Crippen LogP contribution is 2.27. The molecule has 1 aliphatic carbocycles. The Kier molecular flexibility index (Phi) is 4.42. The molecule has 0 radical (unpaired) electrons. The summed E-state index contributed by atoms with van der Waals surface area (Å²) in [5, 5.41) is 12.9. The first kappa shape index (κ1) is 14.3. The summed E-state index contributed by atoms with van der Waals surface area (Å²) in [6, 6.07) is 3.82. The van der Waals surface area contributed by atoms with Crippen molar-refractivity contribution in [3.05, 3.63) is 34.6 Å². The largest absolute Gasteiger partial charge is 0.388 e.